The third-order valence-electron chi connectivity index (χ3n) is 3.83. The Bertz CT molecular complexity index is 976. The topological polar surface area (TPSA) is 83.5 Å². The summed E-state index contributed by atoms with van der Waals surface area (Å²) in [5.74, 6) is -0.476. The van der Waals surface area contributed by atoms with Crippen molar-refractivity contribution in [1.29, 1.82) is 0 Å². The third-order valence-corrected chi connectivity index (χ3v) is 4.91. The Hall–Kier alpha value is -3.06. The minimum absolute atomic E-state index is 0.172. The first-order valence-electron chi connectivity index (χ1n) is 7.82. The zero-order valence-corrected chi connectivity index (χ0v) is 14.0. The number of benzene rings is 2. The van der Waals surface area contributed by atoms with Crippen LogP contribution in [-0.4, -0.2) is 22.5 Å². The summed E-state index contributed by atoms with van der Waals surface area (Å²) in [6.07, 6.45) is 0.618. The molecule has 0 radical (unpaired) electrons. The molecule has 0 saturated heterocycles. The van der Waals surface area contributed by atoms with Gasteiger partial charge in [0.2, 0.25) is 5.91 Å². The second-order valence-corrected chi connectivity index (χ2v) is 6.65. The van der Waals surface area contributed by atoms with Crippen LogP contribution < -0.4 is 10.7 Å². The van der Waals surface area contributed by atoms with Gasteiger partial charge >= 0.3 is 0 Å². The molecule has 124 valence electrons. The highest BCUT2D eigenvalue weighted by Crippen LogP contribution is 2.31. The van der Waals surface area contributed by atoms with Crippen molar-refractivity contribution < 1.29 is 9.59 Å². The number of hydrazone groups is 1. The molecule has 7 heteroatoms. The summed E-state index contributed by atoms with van der Waals surface area (Å²) >= 11 is 1.61. The number of rotatable bonds is 3. The van der Waals surface area contributed by atoms with Crippen LogP contribution in [0.25, 0.3) is 20.8 Å². The van der Waals surface area contributed by atoms with Crippen LogP contribution in [-0.2, 0) is 9.59 Å². The van der Waals surface area contributed by atoms with E-state index in [2.05, 4.69) is 20.8 Å². The summed E-state index contributed by atoms with van der Waals surface area (Å²) in [6, 6.07) is 15.5. The summed E-state index contributed by atoms with van der Waals surface area (Å²) in [6.45, 7) is 0. The number of aromatic nitrogens is 1. The lowest BCUT2D eigenvalue weighted by Gasteiger charge is -2.12. The number of nitrogens with one attached hydrogen (secondary N) is 2. The minimum Gasteiger partial charge on any atom is -0.321 e. The lowest BCUT2D eigenvalue weighted by Crippen LogP contribution is -2.32. The van der Waals surface area contributed by atoms with E-state index in [0.29, 0.717) is 17.8 Å². The molecule has 1 aromatic heterocycles. The number of para-hydroxylation sites is 1. The smallest absolute Gasteiger partial charge is 0.271 e. The van der Waals surface area contributed by atoms with Crippen LogP contribution in [0.15, 0.2) is 53.6 Å². The van der Waals surface area contributed by atoms with Gasteiger partial charge in [0.15, 0.2) is 0 Å². The van der Waals surface area contributed by atoms with Crippen molar-refractivity contribution in [3.63, 3.8) is 0 Å². The molecule has 4 rings (SSSR count). The number of amides is 2. The molecule has 1 aliphatic rings. The Balaban J connectivity index is 1.57. The summed E-state index contributed by atoms with van der Waals surface area (Å²) in [5.41, 5.74) is 5.23. The fraction of sp³-hybridized carbons (Fsp3) is 0.111. The van der Waals surface area contributed by atoms with E-state index in [-0.39, 0.29) is 18.2 Å². The van der Waals surface area contributed by atoms with Gasteiger partial charge in [-0.3, -0.25) is 9.59 Å². The lowest BCUT2D eigenvalue weighted by molar-refractivity contribution is -0.121. The Morgan fingerprint density at radius 2 is 2.00 bits per heavy atom. The first-order chi connectivity index (χ1) is 12.2. The maximum Gasteiger partial charge on any atom is 0.271 e. The molecule has 2 aromatic carbocycles. The standard InChI is InChI=1S/C18H14N4O2S/c23-16-9-8-14(21-22-16)17(24)19-12-5-3-4-11(10-12)18-20-13-6-1-2-7-15(13)25-18/h1-7,10H,8-9H2,(H,19,24)(H,22,23). The van der Waals surface area contributed by atoms with E-state index in [4.69, 9.17) is 0 Å². The highest BCUT2D eigenvalue weighted by atomic mass is 32.1. The molecule has 2 heterocycles. The van der Waals surface area contributed by atoms with E-state index in [1.54, 1.807) is 11.3 Å². The zero-order chi connectivity index (χ0) is 17.2. The molecule has 0 atom stereocenters. The molecular formula is C18H14N4O2S. The van der Waals surface area contributed by atoms with Crippen molar-refractivity contribution >= 4 is 44.8 Å². The molecule has 2 amide bonds. The van der Waals surface area contributed by atoms with E-state index >= 15 is 0 Å². The van der Waals surface area contributed by atoms with Gasteiger partial charge in [-0.05, 0) is 24.3 Å². The van der Waals surface area contributed by atoms with Gasteiger partial charge < -0.3 is 5.32 Å². The molecule has 0 saturated carbocycles. The van der Waals surface area contributed by atoms with Crippen molar-refractivity contribution in [2.75, 3.05) is 5.32 Å². The van der Waals surface area contributed by atoms with Gasteiger partial charge in [0.05, 0.1) is 10.2 Å². The van der Waals surface area contributed by atoms with Gasteiger partial charge in [-0.2, -0.15) is 5.10 Å². The van der Waals surface area contributed by atoms with Crippen molar-refractivity contribution in [1.82, 2.24) is 10.4 Å². The molecule has 2 N–H and O–H groups in total. The largest absolute Gasteiger partial charge is 0.321 e. The quantitative estimate of drug-likeness (QED) is 0.761. The average molecular weight is 350 g/mol. The Morgan fingerprint density at radius 1 is 1.12 bits per heavy atom. The van der Waals surface area contributed by atoms with Crippen LogP contribution in [0, 0.1) is 0 Å². The van der Waals surface area contributed by atoms with Crippen LogP contribution in [0.5, 0.6) is 0 Å². The molecule has 1 aliphatic heterocycles. The number of hydrogen-bond donors (Lipinski definition) is 2. The average Bonchev–Trinajstić information content (AvgIpc) is 3.07. The highest BCUT2D eigenvalue weighted by molar-refractivity contribution is 7.21. The maximum atomic E-state index is 12.3. The number of fused-ring (bicyclic) bond motifs is 1. The fourth-order valence-corrected chi connectivity index (χ4v) is 3.53. The van der Waals surface area contributed by atoms with Gasteiger partial charge in [-0.1, -0.05) is 24.3 Å². The number of nitrogens with zero attached hydrogens (tertiary/aromatic N) is 2. The van der Waals surface area contributed by atoms with Gasteiger partial charge in [-0.15, -0.1) is 11.3 Å². The normalized spacial score (nSPS) is 14.1. The SMILES string of the molecule is O=C1CCC(C(=O)Nc2cccc(-c3nc4ccccc4s3)c2)=NN1. The van der Waals surface area contributed by atoms with Crippen LogP contribution in [0.4, 0.5) is 5.69 Å². The predicted octanol–water partition coefficient (Wildman–Crippen LogP) is 3.17. The lowest BCUT2D eigenvalue weighted by atomic mass is 10.1. The van der Waals surface area contributed by atoms with Gasteiger partial charge in [0.1, 0.15) is 10.7 Å². The molecule has 0 bridgehead atoms. The zero-order valence-electron chi connectivity index (χ0n) is 13.2. The molecule has 6 nitrogen and oxygen atoms in total. The first-order valence-corrected chi connectivity index (χ1v) is 8.63. The minimum atomic E-state index is -0.304. The predicted molar refractivity (Wildman–Crippen MR) is 98.5 cm³/mol. The number of carbonyl (C=O) groups is 2. The van der Waals surface area contributed by atoms with Gasteiger partial charge in [0.25, 0.3) is 5.91 Å². The van der Waals surface area contributed by atoms with Crippen LogP contribution in [0.2, 0.25) is 0 Å². The maximum absolute atomic E-state index is 12.3. The van der Waals surface area contributed by atoms with E-state index in [9.17, 15) is 9.59 Å². The van der Waals surface area contributed by atoms with Crippen molar-refractivity contribution in [2.45, 2.75) is 12.8 Å². The second kappa shape index (κ2) is 6.45. The molecule has 0 unspecified atom stereocenters. The van der Waals surface area contributed by atoms with Crippen molar-refractivity contribution in [2.24, 2.45) is 5.10 Å². The molecule has 3 aromatic rings. The molecule has 0 fully saturated rings. The molecule has 25 heavy (non-hydrogen) atoms. The molecular weight excluding hydrogens is 336 g/mol. The van der Waals surface area contributed by atoms with Crippen LogP contribution in [0.3, 0.4) is 0 Å². The van der Waals surface area contributed by atoms with E-state index in [1.165, 1.54) is 0 Å². The van der Waals surface area contributed by atoms with Crippen molar-refractivity contribution in [3.8, 4) is 10.6 Å². The van der Waals surface area contributed by atoms with Crippen molar-refractivity contribution in [3.05, 3.63) is 48.5 Å². The summed E-state index contributed by atoms with van der Waals surface area (Å²) in [5, 5.41) is 7.54. The fourth-order valence-electron chi connectivity index (χ4n) is 2.57. The number of thiazole rings is 1. The Labute approximate surface area is 147 Å². The summed E-state index contributed by atoms with van der Waals surface area (Å²) in [4.78, 5) is 28.0. The van der Waals surface area contributed by atoms with E-state index in [1.807, 2.05) is 48.5 Å². The highest BCUT2D eigenvalue weighted by Gasteiger charge is 2.18. The number of hydrogen-bond acceptors (Lipinski definition) is 5. The first kappa shape index (κ1) is 15.5. The molecule has 0 spiro atoms. The Kier molecular flexibility index (Phi) is 3.99. The van der Waals surface area contributed by atoms with Gasteiger partial charge in [0, 0.05) is 24.1 Å². The summed E-state index contributed by atoms with van der Waals surface area (Å²) in [7, 11) is 0. The van der Waals surface area contributed by atoms with Crippen LogP contribution in [0.1, 0.15) is 12.8 Å². The Morgan fingerprint density at radius 3 is 2.80 bits per heavy atom. The van der Waals surface area contributed by atoms with Gasteiger partial charge in [-0.25, -0.2) is 10.4 Å². The third kappa shape index (κ3) is 3.27. The monoisotopic (exact) mass is 350 g/mol. The van der Waals surface area contributed by atoms with Crippen LogP contribution >= 0.6 is 11.3 Å². The second-order valence-electron chi connectivity index (χ2n) is 5.62. The number of anilines is 1. The van der Waals surface area contributed by atoms with E-state index in [0.717, 1.165) is 20.8 Å². The summed E-state index contributed by atoms with van der Waals surface area (Å²) < 4.78 is 1.12. The molecule has 0 aliphatic carbocycles. The van der Waals surface area contributed by atoms with E-state index < -0.39 is 0 Å². The number of carbonyl (C=O) groups excluding carboxylic acids is 2.